The third-order valence-electron chi connectivity index (χ3n) is 6.42. The summed E-state index contributed by atoms with van der Waals surface area (Å²) in [6.45, 7) is 0.701. The summed E-state index contributed by atoms with van der Waals surface area (Å²) in [5.74, 6) is 1.47. The lowest BCUT2D eigenvalue weighted by atomic mass is 9.84. The first kappa shape index (κ1) is 19.0. The Morgan fingerprint density at radius 1 is 0.733 bits per heavy atom. The van der Waals surface area contributed by atoms with E-state index < -0.39 is 0 Å². The molecule has 152 valence electrons. The number of nitrogens with zero attached hydrogens (tertiary/aromatic N) is 2. The first-order valence-electron chi connectivity index (χ1n) is 11.2. The van der Waals surface area contributed by atoms with Crippen molar-refractivity contribution >= 4 is 5.90 Å². The second-order valence-electron chi connectivity index (χ2n) is 8.41. The highest BCUT2D eigenvalue weighted by Gasteiger charge is 2.30. The standard InChI is InChI=1S/C27H28N2O/c1-4-11-20(12-5-1)25-19-30-27(29-25)24-18-10-17-23(28-24)26(21-13-6-2-7-14-21)22-15-8-3-9-16-22/h2-3,6-10,13-18,20,25-26H,1,4-5,11-12,19H2. The zero-order valence-electron chi connectivity index (χ0n) is 17.3. The van der Waals surface area contributed by atoms with Gasteiger partial charge in [0.2, 0.25) is 5.90 Å². The van der Waals surface area contributed by atoms with Crippen molar-refractivity contribution < 1.29 is 4.74 Å². The number of hydrogen-bond acceptors (Lipinski definition) is 3. The monoisotopic (exact) mass is 396 g/mol. The number of aromatic nitrogens is 1. The molecule has 1 atom stereocenters. The second kappa shape index (κ2) is 8.83. The van der Waals surface area contributed by atoms with Crippen LogP contribution in [0.5, 0.6) is 0 Å². The molecule has 0 spiro atoms. The van der Waals surface area contributed by atoms with Crippen molar-refractivity contribution in [3.63, 3.8) is 0 Å². The quantitative estimate of drug-likeness (QED) is 0.531. The van der Waals surface area contributed by atoms with E-state index in [1.165, 1.54) is 43.2 Å². The molecule has 0 radical (unpaired) electrons. The van der Waals surface area contributed by atoms with Crippen molar-refractivity contribution in [2.45, 2.75) is 44.1 Å². The molecule has 5 rings (SSSR count). The molecule has 2 heterocycles. The van der Waals surface area contributed by atoms with Gasteiger partial charge in [-0.3, -0.25) is 0 Å². The molecular formula is C27H28N2O. The molecule has 2 aliphatic rings. The summed E-state index contributed by atoms with van der Waals surface area (Å²) >= 11 is 0. The van der Waals surface area contributed by atoms with E-state index in [1.54, 1.807) is 0 Å². The van der Waals surface area contributed by atoms with Crippen molar-refractivity contribution in [1.29, 1.82) is 0 Å². The summed E-state index contributed by atoms with van der Waals surface area (Å²) in [5.41, 5.74) is 4.35. The Labute approximate surface area is 178 Å². The zero-order valence-corrected chi connectivity index (χ0v) is 17.3. The molecule has 1 aromatic heterocycles. The molecule has 0 amide bonds. The van der Waals surface area contributed by atoms with Crippen LogP contribution in [-0.4, -0.2) is 23.5 Å². The minimum absolute atomic E-state index is 0.0866. The topological polar surface area (TPSA) is 34.5 Å². The lowest BCUT2D eigenvalue weighted by Crippen LogP contribution is -2.22. The van der Waals surface area contributed by atoms with Gasteiger partial charge >= 0.3 is 0 Å². The molecule has 2 aromatic carbocycles. The van der Waals surface area contributed by atoms with Gasteiger partial charge in [0.25, 0.3) is 0 Å². The average molecular weight is 397 g/mol. The molecule has 0 N–H and O–H groups in total. The Morgan fingerprint density at radius 2 is 1.40 bits per heavy atom. The van der Waals surface area contributed by atoms with E-state index in [4.69, 9.17) is 14.7 Å². The Balaban J connectivity index is 1.47. The summed E-state index contributed by atoms with van der Waals surface area (Å²) in [6, 6.07) is 27.7. The van der Waals surface area contributed by atoms with Gasteiger partial charge in [-0.25, -0.2) is 9.98 Å². The summed E-state index contributed by atoms with van der Waals surface area (Å²) in [5, 5.41) is 0. The fourth-order valence-electron chi connectivity index (χ4n) is 4.85. The SMILES string of the molecule is c1ccc(C(c2ccccc2)c2cccc(C3=NC(C4CCCCC4)CO3)n2)cc1. The Morgan fingerprint density at radius 3 is 2.07 bits per heavy atom. The fourth-order valence-corrected chi connectivity index (χ4v) is 4.85. The van der Waals surface area contributed by atoms with Crippen LogP contribution >= 0.6 is 0 Å². The highest BCUT2D eigenvalue weighted by molar-refractivity contribution is 5.93. The first-order valence-corrected chi connectivity index (χ1v) is 11.2. The minimum Gasteiger partial charge on any atom is -0.474 e. The van der Waals surface area contributed by atoms with Gasteiger partial charge in [-0.1, -0.05) is 86.0 Å². The molecule has 3 heteroatoms. The number of hydrogen-bond donors (Lipinski definition) is 0. The van der Waals surface area contributed by atoms with Gasteiger partial charge in [-0.15, -0.1) is 0 Å². The minimum atomic E-state index is 0.0866. The van der Waals surface area contributed by atoms with Crippen molar-refractivity contribution in [2.24, 2.45) is 10.9 Å². The van der Waals surface area contributed by atoms with E-state index in [2.05, 4.69) is 72.8 Å². The fraction of sp³-hybridized carbons (Fsp3) is 0.333. The van der Waals surface area contributed by atoms with Gasteiger partial charge < -0.3 is 4.74 Å². The number of pyridine rings is 1. The lowest BCUT2D eigenvalue weighted by Gasteiger charge is -2.24. The van der Waals surface area contributed by atoms with Crippen LogP contribution in [0, 0.1) is 5.92 Å². The Kier molecular flexibility index (Phi) is 5.60. The number of aliphatic imine (C=N–C) groups is 1. The third-order valence-corrected chi connectivity index (χ3v) is 6.42. The third kappa shape index (κ3) is 4.02. The predicted molar refractivity (Wildman–Crippen MR) is 121 cm³/mol. The second-order valence-corrected chi connectivity index (χ2v) is 8.41. The molecule has 1 aliphatic carbocycles. The van der Waals surface area contributed by atoms with Crippen LogP contribution in [0.4, 0.5) is 0 Å². The van der Waals surface area contributed by atoms with Crippen molar-refractivity contribution in [1.82, 2.24) is 4.98 Å². The van der Waals surface area contributed by atoms with E-state index in [-0.39, 0.29) is 5.92 Å². The molecule has 0 saturated heterocycles. The van der Waals surface area contributed by atoms with Crippen LogP contribution < -0.4 is 0 Å². The molecule has 3 nitrogen and oxygen atoms in total. The van der Waals surface area contributed by atoms with Crippen LogP contribution in [0.25, 0.3) is 0 Å². The van der Waals surface area contributed by atoms with Crippen LogP contribution in [-0.2, 0) is 4.74 Å². The van der Waals surface area contributed by atoms with Crippen molar-refractivity contribution in [2.75, 3.05) is 6.61 Å². The molecule has 1 fully saturated rings. The molecule has 1 saturated carbocycles. The summed E-state index contributed by atoms with van der Waals surface area (Å²) in [7, 11) is 0. The van der Waals surface area contributed by atoms with E-state index >= 15 is 0 Å². The number of rotatable bonds is 5. The maximum atomic E-state index is 6.04. The van der Waals surface area contributed by atoms with Gasteiger partial charge in [-0.2, -0.15) is 0 Å². The van der Waals surface area contributed by atoms with Crippen LogP contribution in [0.2, 0.25) is 0 Å². The Bertz CT molecular complexity index is 954. The maximum absolute atomic E-state index is 6.04. The van der Waals surface area contributed by atoms with Crippen molar-refractivity contribution in [3.05, 3.63) is 101 Å². The van der Waals surface area contributed by atoms with Gasteiger partial charge in [0.15, 0.2) is 0 Å². The summed E-state index contributed by atoms with van der Waals surface area (Å²) in [6.07, 6.45) is 6.58. The molecule has 30 heavy (non-hydrogen) atoms. The lowest BCUT2D eigenvalue weighted by molar-refractivity contribution is 0.240. The smallest absolute Gasteiger partial charge is 0.235 e. The first-order chi connectivity index (χ1) is 14.9. The average Bonchev–Trinajstić information content (AvgIpc) is 3.32. The number of benzene rings is 2. The van der Waals surface area contributed by atoms with E-state index in [1.807, 2.05) is 6.07 Å². The molecule has 1 unspecified atom stereocenters. The maximum Gasteiger partial charge on any atom is 0.235 e. The highest BCUT2D eigenvalue weighted by atomic mass is 16.5. The van der Waals surface area contributed by atoms with Gasteiger partial charge in [0.05, 0.1) is 17.7 Å². The van der Waals surface area contributed by atoms with E-state index in [9.17, 15) is 0 Å². The largest absolute Gasteiger partial charge is 0.474 e. The van der Waals surface area contributed by atoms with Gasteiger partial charge in [0, 0.05) is 0 Å². The van der Waals surface area contributed by atoms with Gasteiger partial charge in [-0.05, 0) is 42.0 Å². The van der Waals surface area contributed by atoms with Crippen LogP contribution in [0.15, 0.2) is 83.9 Å². The number of ether oxygens (including phenoxy) is 1. The normalized spacial score (nSPS) is 19.5. The molecule has 1 aliphatic heterocycles. The van der Waals surface area contributed by atoms with E-state index in [0.29, 0.717) is 24.5 Å². The van der Waals surface area contributed by atoms with Crippen LogP contribution in [0.3, 0.4) is 0 Å². The highest BCUT2D eigenvalue weighted by Crippen LogP contribution is 2.32. The van der Waals surface area contributed by atoms with Crippen LogP contribution in [0.1, 0.15) is 60.5 Å². The summed E-state index contributed by atoms with van der Waals surface area (Å²) < 4.78 is 6.04. The van der Waals surface area contributed by atoms with Crippen molar-refractivity contribution in [3.8, 4) is 0 Å². The Hall–Kier alpha value is -2.94. The predicted octanol–water partition coefficient (Wildman–Crippen LogP) is 5.99. The van der Waals surface area contributed by atoms with Gasteiger partial charge in [0.1, 0.15) is 12.3 Å². The molecule has 3 aromatic rings. The summed E-state index contributed by atoms with van der Waals surface area (Å²) in [4.78, 5) is 9.99. The molecule has 0 bridgehead atoms. The van der Waals surface area contributed by atoms with E-state index in [0.717, 1.165) is 11.4 Å². The zero-order chi connectivity index (χ0) is 20.2. The molecular weight excluding hydrogens is 368 g/mol.